The van der Waals surface area contributed by atoms with Crippen LogP contribution >= 0.6 is 0 Å². The molecule has 0 fully saturated rings. The van der Waals surface area contributed by atoms with Crippen molar-refractivity contribution in [1.82, 2.24) is 0 Å². The first-order valence-electron chi connectivity index (χ1n) is 6.01. The third kappa shape index (κ3) is 3.33. The Morgan fingerprint density at radius 2 is 1.28 bits per heavy atom. The molecule has 0 spiro atoms. The van der Waals surface area contributed by atoms with Gasteiger partial charge in [-0.25, -0.2) is 0 Å². The Hall–Kier alpha value is -2.34. The second kappa shape index (κ2) is 6.41. The molecular formula is C18H16. The van der Waals surface area contributed by atoms with Crippen LogP contribution in [0.25, 0.3) is 18.2 Å². The van der Waals surface area contributed by atoms with Crippen LogP contribution in [0, 0.1) is 0 Å². The molecule has 88 valence electrons. The van der Waals surface area contributed by atoms with Crippen LogP contribution in [-0.2, 0) is 0 Å². The number of hydrogen-bond acceptors (Lipinski definition) is 0. The van der Waals surface area contributed by atoms with Gasteiger partial charge in [-0.15, -0.1) is 0 Å². The fourth-order valence-corrected chi connectivity index (χ4v) is 1.74. The highest BCUT2D eigenvalue weighted by molar-refractivity contribution is 5.66. The Kier molecular flexibility index (Phi) is 4.32. The summed E-state index contributed by atoms with van der Waals surface area (Å²) in [5.74, 6) is 0. The molecule has 0 unspecified atom stereocenters. The summed E-state index contributed by atoms with van der Waals surface area (Å²) in [6.07, 6.45) is 10.2. The summed E-state index contributed by atoms with van der Waals surface area (Å²) in [7, 11) is 0. The van der Waals surface area contributed by atoms with Crippen LogP contribution in [0.2, 0.25) is 0 Å². The predicted octanol–water partition coefficient (Wildman–Crippen LogP) is 5.06. The van der Waals surface area contributed by atoms with E-state index in [0.29, 0.717) is 0 Å². The average molecular weight is 232 g/mol. The molecule has 0 radical (unpaired) electrons. The molecule has 18 heavy (non-hydrogen) atoms. The molecule has 2 rings (SSSR count). The highest BCUT2D eigenvalue weighted by atomic mass is 14.0. The molecule has 0 aliphatic carbocycles. The lowest BCUT2D eigenvalue weighted by atomic mass is 10.1. The number of rotatable bonds is 4. The summed E-state index contributed by atoms with van der Waals surface area (Å²) in [5, 5.41) is 0. The van der Waals surface area contributed by atoms with Crippen molar-refractivity contribution in [3.63, 3.8) is 0 Å². The van der Waals surface area contributed by atoms with Crippen LogP contribution < -0.4 is 0 Å². The summed E-state index contributed by atoms with van der Waals surface area (Å²) in [4.78, 5) is 0. The SMILES string of the molecule is C=Cc1ccccc1/C=C/C=C/c1ccccc1. The fourth-order valence-electron chi connectivity index (χ4n) is 1.74. The first-order valence-corrected chi connectivity index (χ1v) is 6.01. The summed E-state index contributed by atoms with van der Waals surface area (Å²) in [6, 6.07) is 18.5. The Morgan fingerprint density at radius 3 is 2.00 bits per heavy atom. The van der Waals surface area contributed by atoms with E-state index in [1.54, 1.807) is 0 Å². The smallest absolute Gasteiger partial charge is 0.0184 e. The summed E-state index contributed by atoms with van der Waals surface area (Å²) < 4.78 is 0. The average Bonchev–Trinajstić information content (AvgIpc) is 2.45. The third-order valence-corrected chi connectivity index (χ3v) is 2.69. The lowest BCUT2D eigenvalue weighted by Gasteiger charge is -1.98. The van der Waals surface area contributed by atoms with E-state index in [2.05, 4.69) is 55.1 Å². The molecule has 0 bridgehead atoms. The summed E-state index contributed by atoms with van der Waals surface area (Å²) in [5.41, 5.74) is 3.55. The lowest BCUT2D eigenvalue weighted by Crippen LogP contribution is -1.77. The van der Waals surface area contributed by atoms with E-state index in [1.165, 1.54) is 11.1 Å². The van der Waals surface area contributed by atoms with Crippen molar-refractivity contribution in [2.24, 2.45) is 0 Å². The van der Waals surface area contributed by atoms with Crippen LogP contribution in [-0.4, -0.2) is 0 Å². The molecule has 0 atom stereocenters. The zero-order valence-electron chi connectivity index (χ0n) is 10.3. The van der Waals surface area contributed by atoms with Crippen molar-refractivity contribution in [1.29, 1.82) is 0 Å². The van der Waals surface area contributed by atoms with Gasteiger partial charge in [0, 0.05) is 0 Å². The number of hydrogen-bond donors (Lipinski definition) is 0. The molecule has 2 aromatic carbocycles. The molecule has 0 N–H and O–H groups in total. The van der Waals surface area contributed by atoms with Crippen LogP contribution in [0.3, 0.4) is 0 Å². The standard InChI is InChI=1S/C18H16/c1-2-17-13-8-9-15-18(17)14-7-6-12-16-10-4-3-5-11-16/h2-15H,1H2/b12-6+,14-7+. The molecule has 0 aliphatic rings. The second-order valence-electron chi connectivity index (χ2n) is 3.96. The van der Waals surface area contributed by atoms with E-state index in [1.807, 2.05) is 36.4 Å². The van der Waals surface area contributed by atoms with Gasteiger partial charge in [-0.05, 0) is 16.7 Å². The minimum Gasteiger partial charge on any atom is -0.0984 e. The monoisotopic (exact) mass is 232 g/mol. The molecule has 2 aromatic rings. The Morgan fingerprint density at radius 1 is 0.667 bits per heavy atom. The largest absolute Gasteiger partial charge is 0.0984 e. The molecule has 0 aliphatic heterocycles. The van der Waals surface area contributed by atoms with Gasteiger partial charge < -0.3 is 0 Å². The normalized spacial score (nSPS) is 11.1. The predicted molar refractivity (Wildman–Crippen MR) is 81.0 cm³/mol. The van der Waals surface area contributed by atoms with Crippen LogP contribution in [0.5, 0.6) is 0 Å². The first-order chi connectivity index (χ1) is 8.90. The van der Waals surface area contributed by atoms with Crippen molar-refractivity contribution in [3.8, 4) is 0 Å². The zero-order valence-corrected chi connectivity index (χ0v) is 10.3. The van der Waals surface area contributed by atoms with Crippen molar-refractivity contribution in [2.45, 2.75) is 0 Å². The molecule has 0 nitrogen and oxygen atoms in total. The van der Waals surface area contributed by atoms with Gasteiger partial charge in [0.1, 0.15) is 0 Å². The Balaban J connectivity index is 2.08. The molecule has 0 heterocycles. The maximum Gasteiger partial charge on any atom is -0.0184 e. The maximum absolute atomic E-state index is 3.82. The van der Waals surface area contributed by atoms with Crippen molar-refractivity contribution in [2.75, 3.05) is 0 Å². The van der Waals surface area contributed by atoms with Crippen LogP contribution in [0.4, 0.5) is 0 Å². The minimum atomic E-state index is 1.15. The molecule has 0 aromatic heterocycles. The van der Waals surface area contributed by atoms with Gasteiger partial charge in [0.05, 0.1) is 0 Å². The van der Waals surface area contributed by atoms with Gasteiger partial charge in [0.15, 0.2) is 0 Å². The third-order valence-electron chi connectivity index (χ3n) is 2.69. The molecule has 0 saturated carbocycles. The van der Waals surface area contributed by atoms with Crippen molar-refractivity contribution < 1.29 is 0 Å². The molecule has 0 saturated heterocycles. The molecule has 0 amide bonds. The van der Waals surface area contributed by atoms with E-state index in [-0.39, 0.29) is 0 Å². The van der Waals surface area contributed by atoms with E-state index >= 15 is 0 Å². The first kappa shape index (κ1) is 12.1. The topological polar surface area (TPSA) is 0 Å². The number of allylic oxidation sites excluding steroid dienone is 2. The van der Waals surface area contributed by atoms with Gasteiger partial charge in [-0.2, -0.15) is 0 Å². The number of benzene rings is 2. The summed E-state index contributed by atoms with van der Waals surface area (Å²) >= 11 is 0. The molecular weight excluding hydrogens is 216 g/mol. The maximum atomic E-state index is 3.82. The highest BCUT2D eigenvalue weighted by Gasteiger charge is 1.91. The second-order valence-corrected chi connectivity index (χ2v) is 3.96. The van der Waals surface area contributed by atoms with E-state index in [4.69, 9.17) is 0 Å². The van der Waals surface area contributed by atoms with Gasteiger partial charge in [0.2, 0.25) is 0 Å². The fraction of sp³-hybridized carbons (Fsp3) is 0. The Labute approximate surface area is 109 Å². The van der Waals surface area contributed by atoms with E-state index in [9.17, 15) is 0 Å². The van der Waals surface area contributed by atoms with Crippen LogP contribution in [0.15, 0.2) is 73.3 Å². The van der Waals surface area contributed by atoms with Crippen LogP contribution in [0.1, 0.15) is 16.7 Å². The van der Waals surface area contributed by atoms with Gasteiger partial charge in [0.25, 0.3) is 0 Å². The highest BCUT2D eigenvalue weighted by Crippen LogP contribution is 2.12. The van der Waals surface area contributed by atoms with Gasteiger partial charge in [-0.1, -0.05) is 91.6 Å². The zero-order chi connectivity index (χ0) is 12.6. The van der Waals surface area contributed by atoms with Crippen molar-refractivity contribution >= 4 is 18.2 Å². The van der Waals surface area contributed by atoms with Gasteiger partial charge in [-0.3, -0.25) is 0 Å². The van der Waals surface area contributed by atoms with Gasteiger partial charge >= 0.3 is 0 Å². The summed E-state index contributed by atoms with van der Waals surface area (Å²) in [6.45, 7) is 3.82. The quantitative estimate of drug-likeness (QED) is 0.647. The van der Waals surface area contributed by atoms with E-state index in [0.717, 1.165) is 5.56 Å². The lowest BCUT2D eigenvalue weighted by molar-refractivity contribution is 1.61. The van der Waals surface area contributed by atoms with Crippen molar-refractivity contribution in [3.05, 3.63) is 90.0 Å². The minimum absolute atomic E-state index is 1.15. The Bertz CT molecular complexity index is 560. The molecule has 0 heteroatoms. The van der Waals surface area contributed by atoms with E-state index < -0.39 is 0 Å².